The van der Waals surface area contributed by atoms with Crippen LogP contribution in [0.4, 0.5) is 5.69 Å². The van der Waals surface area contributed by atoms with E-state index in [4.69, 9.17) is 16.3 Å². The number of ether oxygens (including phenoxy) is 1. The Balaban J connectivity index is 1.81. The zero-order valence-corrected chi connectivity index (χ0v) is 18.6. The van der Waals surface area contributed by atoms with E-state index in [9.17, 15) is 24.5 Å². The lowest BCUT2D eigenvalue weighted by Gasteiger charge is -2.43. The van der Waals surface area contributed by atoms with E-state index in [0.717, 1.165) is 18.9 Å². The minimum Gasteiger partial charge on any atom is -0.452 e. The molecule has 1 aliphatic rings. The molecular formula is C23H23ClN2O6. The molecule has 1 fully saturated rings. The van der Waals surface area contributed by atoms with Crippen LogP contribution in [0.3, 0.4) is 0 Å². The van der Waals surface area contributed by atoms with Crippen LogP contribution in [-0.4, -0.2) is 41.1 Å². The first kappa shape index (κ1) is 23.4. The summed E-state index contributed by atoms with van der Waals surface area (Å²) in [4.78, 5) is 50.3. The van der Waals surface area contributed by atoms with Gasteiger partial charge in [-0.25, -0.2) is 4.79 Å². The van der Waals surface area contributed by atoms with Crippen molar-refractivity contribution in [2.75, 3.05) is 13.7 Å². The molecule has 1 aliphatic carbocycles. The molecule has 1 unspecified atom stereocenters. The predicted octanol–water partition coefficient (Wildman–Crippen LogP) is 4.21. The van der Waals surface area contributed by atoms with Gasteiger partial charge in [-0.1, -0.05) is 35.9 Å². The average molecular weight is 459 g/mol. The molecule has 0 aromatic heterocycles. The molecule has 0 spiro atoms. The average Bonchev–Trinajstić information content (AvgIpc) is 2.78. The largest absolute Gasteiger partial charge is 0.452 e. The number of carbonyl (C=O) groups is 3. The SMILES string of the molecule is Cc1ccc(C(=O)OCC(=O)N(C)C2(c3ccccc3Cl)CCCCC2=O)cc1[N+](=O)[O-]. The van der Waals surface area contributed by atoms with E-state index in [0.29, 0.717) is 29.0 Å². The molecule has 0 bridgehead atoms. The Morgan fingerprint density at radius 3 is 2.59 bits per heavy atom. The van der Waals surface area contributed by atoms with Gasteiger partial charge in [-0.05, 0) is 38.3 Å². The van der Waals surface area contributed by atoms with Gasteiger partial charge in [-0.2, -0.15) is 0 Å². The van der Waals surface area contributed by atoms with E-state index in [1.165, 1.54) is 24.1 Å². The van der Waals surface area contributed by atoms with E-state index in [2.05, 4.69) is 0 Å². The smallest absolute Gasteiger partial charge is 0.338 e. The molecule has 168 valence electrons. The number of hydrogen-bond donors (Lipinski definition) is 0. The number of benzene rings is 2. The highest BCUT2D eigenvalue weighted by Gasteiger charge is 2.48. The van der Waals surface area contributed by atoms with Gasteiger partial charge >= 0.3 is 5.97 Å². The summed E-state index contributed by atoms with van der Waals surface area (Å²) in [6.45, 7) is 0.942. The van der Waals surface area contributed by atoms with Gasteiger partial charge in [0, 0.05) is 35.7 Å². The second kappa shape index (κ2) is 9.48. The molecule has 3 rings (SSSR count). The molecule has 0 heterocycles. The van der Waals surface area contributed by atoms with E-state index < -0.39 is 28.9 Å². The van der Waals surface area contributed by atoms with Crippen LogP contribution in [-0.2, 0) is 19.9 Å². The highest BCUT2D eigenvalue weighted by Crippen LogP contribution is 2.42. The number of ketones is 1. The molecule has 2 aromatic carbocycles. The van der Waals surface area contributed by atoms with E-state index in [1.807, 2.05) is 0 Å². The molecule has 2 aromatic rings. The summed E-state index contributed by atoms with van der Waals surface area (Å²) in [6, 6.07) is 10.9. The lowest BCUT2D eigenvalue weighted by molar-refractivity contribution is -0.385. The number of rotatable bonds is 6. The number of carbonyl (C=O) groups excluding carboxylic acids is 3. The minimum absolute atomic E-state index is 0.0349. The van der Waals surface area contributed by atoms with Crippen molar-refractivity contribution in [3.8, 4) is 0 Å². The molecule has 1 amide bonds. The number of halogens is 1. The van der Waals surface area contributed by atoms with Gasteiger partial charge in [-0.3, -0.25) is 19.7 Å². The van der Waals surface area contributed by atoms with Gasteiger partial charge in [0.2, 0.25) is 0 Å². The molecule has 9 heteroatoms. The fourth-order valence-corrected chi connectivity index (χ4v) is 4.37. The summed E-state index contributed by atoms with van der Waals surface area (Å²) >= 11 is 6.39. The molecule has 0 N–H and O–H groups in total. The maximum Gasteiger partial charge on any atom is 0.338 e. The summed E-state index contributed by atoms with van der Waals surface area (Å²) in [5, 5.41) is 11.5. The van der Waals surface area contributed by atoms with Gasteiger partial charge in [0.1, 0.15) is 5.54 Å². The van der Waals surface area contributed by atoms with Crippen LogP contribution >= 0.6 is 11.6 Å². The van der Waals surface area contributed by atoms with Crippen molar-refractivity contribution in [3.63, 3.8) is 0 Å². The number of nitro benzene ring substituents is 1. The molecular weight excluding hydrogens is 436 g/mol. The Morgan fingerprint density at radius 2 is 1.94 bits per heavy atom. The highest BCUT2D eigenvalue weighted by atomic mass is 35.5. The van der Waals surface area contributed by atoms with Crippen molar-refractivity contribution >= 4 is 34.9 Å². The zero-order chi connectivity index (χ0) is 23.5. The fourth-order valence-electron chi connectivity index (χ4n) is 4.08. The van der Waals surface area contributed by atoms with Crippen molar-refractivity contribution in [3.05, 3.63) is 74.3 Å². The summed E-state index contributed by atoms with van der Waals surface area (Å²) < 4.78 is 5.13. The van der Waals surface area contributed by atoms with Crippen molar-refractivity contribution < 1.29 is 24.0 Å². The third-order valence-electron chi connectivity index (χ3n) is 5.89. The maximum absolute atomic E-state index is 13.1. The second-order valence-electron chi connectivity index (χ2n) is 7.76. The summed E-state index contributed by atoms with van der Waals surface area (Å²) in [5.74, 6) is -1.56. The van der Waals surface area contributed by atoms with Crippen molar-refractivity contribution in [1.82, 2.24) is 4.90 Å². The molecule has 8 nitrogen and oxygen atoms in total. The molecule has 0 aliphatic heterocycles. The summed E-state index contributed by atoms with van der Waals surface area (Å²) in [6.07, 6.45) is 2.20. The highest BCUT2D eigenvalue weighted by molar-refractivity contribution is 6.31. The quantitative estimate of drug-likeness (QED) is 0.364. The standard InChI is InChI=1S/C23H23ClN2O6/c1-15-10-11-16(13-19(15)26(30)31)22(29)32-14-21(28)25(2)23(12-6-5-9-20(23)27)17-7-3-4-8-18(17)24/h3-4,7-8,10-11,13H,5-6,9,12,14H2,1-2H3. The Bertz CT molecular complexity index is 1090. The van der Waals surface area contributed by atoms with Crippen molar-refractivity contribution in [2.24, 2.45) is 0 Å². The lowest BCUT2D eigenvalue weighted by Crippen LogP contribution is -2.55. The monoisotopic (exact) mass is 458 g/mol. The number of nitrogens with zero attached hydrogens (tertiary/aromatic N) is 2. The Labute approximate surface area is 190 Å². The first-order valence-electron chi connectivity index (χ1n) is 10.2. The zero-order valence-electron chi connectivity index (χ0n) is 17.8. The van der Waals surface area contributed by atoms with Crippen LogP contribution in [0.15, 0.2) is 42.5 Å². The van der Waals surface area contributed by atoms with Gasteiger partial charge < -0.3 is 9.64 Å². The maximum atomic E-state index is 13.1. The number of nitro groups is 1. The first-order chi connectivity index (χ1) is 15.2. The Hall–Kier alpha value is -3.26. The topological polar surface area (TPSA) is 107 Å². The lowest BCUT2D eigenvalue weighted by atomic mass is 9.74. The number of likely N-dealkylation sites (N-methyl/N-ethyl adjacent to an activating group) is 1. The Morgan fingerprint density at radius 1 is 1.22 bits per heavy atom. The van der Waals surface area contributed by atoms with Crippen LogP contribution < -0.4 is 0 Å². The predicted molar refractivity (Wildman–Crippen MR) is 117 cm³/mol. The van der Waals surface area contributed by atoms with Crippen LogP contribution in [0.25, 0.3) is 0 Å². The van der Waals surface area contributed by atoms with E-state index in [1.54, 1.807) is 31.2 Å². The third-order valence-corrected chi connectivity index (χ3v) is 6.22. The molecule has 1 saturated carbocycles. The molecule has 0 radical (unpaired) electrons. The van der Waals surface area contributed by atoms with Crippen LogP contribution in [0.5, 0.6) is 0 Å². The first-order valence-corrected chi connectivity index (χ1v) is 10.5. The molecule has 1 atom stereocenters. The number of Topliss-reactive ketones (excluding diaryl/α,β-unsaturated/α-hetero) is 1. The fraction of sp³-hybridized carbons (Fsp3) is 0.348. The van der Waals surface area contributed by atoms with Crippen LogP contribution in [0.2, 0.25) is 5.02 Å². The summed E-state index contributed by atoms with van der Waals surface area (Å²) in [5.41, 5.74) is -0.536. The van der Waals surface area contributed by atoms with Gasteiger partial charge in [0.05, 0.1) is 10.5 Å². The summed E-state index contributed by atoms with van der Waals surface area (Å²) in [7, 11) is 1.50. The van der Waals surface area contributed by atoms with Crippen LogP contribution in [0.1, 0.15) is 47.2 Å². The number of esters is 1. The van der Waals surface area contributed by atoms with Gasteiger partial charge in [-0.15, -0.1) is 0 Å². The van der Waals surface area contributed by atoms with Crippen molar-refractivity contribution in [2.45, 2.75) is 38.1 Å². The Kier molecular flexibility index (Phi) is 6.93. The van der Waals surface area contributed by atoms with Gasteiger partial charge in [0.25, 0.3) is 11.6 Å². The number of aryl methyl sites for hydroxylation is 1. The minimum atomic E-state index is -1.23. The second-order valence-corrected chi connectivity index (χ2v) is 8.16. The number of hydrogen-bond acceptors (Lipinski definition) is 6. The van der Waals surface area contributed by atoms with E-state index in [-0.39, 0.29) is 17.0 Å². The van der Waals surface area contributed by atoms with Gasteiger partial charge in [0.15, 0.2) is 12.4 Å². The normalized spacial score (nSPS) is 18.2. The van der Waals surface area contributed by atoms with Crippen LogP contribution in [0, 0.1) is 17.0 Å². The van der Waals surface area contributed by atoms with Crippen molar-refractivity contribution in [1.29, 1.82) is 0 Å². The molecule has 0 saturated heterocycles. The third kappa shape index (κ3) is 4.36. The van der Waals surface area contributed by atoms with E-state index >= 15 is 0 Å². The molecule has 32 heavy (non-hydrogen) atoms. The number of amides is 1.